The Bertz CT molecular complexity index is 806. The molecule has 0 radical (unpaired) electrons. The molecule has 1 saturated heterocycles. The number of hydrogen-bond acceptors (Lipinski definition) is 6. The monoisotopic (exact) mass is 395 g/mol. The SMILES string of the molecule is CNC(=O)CNCc1ccc(C2=C(C(=O)[O-])N3C(=O)[C@@H]([C@@H](C)O)[C@H]3C2)cc1.[Na+]. The molecule has 2 aliphatic heterocycles. The van der Waals surface area contributed by atoms with Crippen LogP contribution in [0.4, 0.5) is 0 Å². The van der Waals surface area contributed by atoms with Gasteiger partial charge in [-0.25, -0.2) is 0 Å². The molecule has 0 aliphatic carbocycles. The van der Waals surface area contributed by atoms with E-state index >= 15 is 0 Å². The number of aliphatic carboxylic acids is 1. The molecule has 3 N–H and O–H groups in total. The smallest absolute Gasteiger partial charge is 0.543 e. The van der Waals surface area contributed by atoms with Crippen LogP contribution in [-0.2, 0) is 20.9 Å². The molecule has 0 bridgehead atoms. The minimum atomic E-state index is -1.39. The van der Waals surface area contributed by atoms with Gasteiger partial charge in [0, 0.05) is 13.6 Å². The van der Waals surface area contributed by atoms with Gasteiger partial charge < -0.3 is 30.5 Å². The maximum Gasteiger partial charge on any atom is 1.00 e. The molecule has 3 rings (SSSR count). The number of hydrogen-bond donors (Lipinski definition) is 3. The van der Waals surface area contributed by atoms with Crippen LogP contribution in [0.1, 0.15) is 24.5 Å². The zero-order valence-electron chi connectivity index (χ0n) is 16.2. The number of benzene rings is 1. The standard InChI is InChI=1S/C19H23N3O5.Na/c1-10(23)16-14-7-13(17(19(26)27)22(14)18(16)25)12-5-3-11(4-6-12)8-21-9-15(24)20-2;/h3-6,10,14,16,21,23H,7-9H2,1-2H3,(H,20,24)(H,26,27);/q;+1/p-1/t10-,14-,16+;/m1./s1. The number of aliphatic hydroxyl groups excluding tert-OH is 1. The topological polar surface area (TPSA) is 122 Å². The van der Waals surface area contributed by atoms with E-state index in [1.807, 2.05) is 12.1 Å². The molecule has 3 atom stereocenters. The van der Waals surface area contributed by atoms with E-state index in [0.717, 1.165) is 5.56 Å². The fraction of sp³-hybridized carbons (Fsp3) is 0.421. The second-order valence-electron chi connectivity index (χ2n) is 6.83. The summed E-state index contributed by atoms with van der Waals surface area (Å²) in [5.41, 5.74) is 2.09. The molecule has 9 heteroatoms. The first kappa shape index (κ1) is 22.6. The van der Waals surface area contributed by atoms with Crippen molar-refractivity contribution in [2.45, 2.75) is 32.0 Å². The third-order valence-electron chi connectivity index (χ3n) is 5.12. The summed E-state index contributed by atoms with van der Waals surface area (Å²) in [7, 11) is 1.57. The Morgan fingerprint density at radius 3 is 2.50 bits per heavy atom. The van der Waals surface area contributed by atoms with Gasteiger partial charge in [0.05, 0.1) is 36.3 Å². The second kappa shape index (κ2) is 9.19. The summed E-state index contributed by atoms with van der Waals surface area (Å²) < 4.78 is 0. The molecule has 2 amide bonds. The molecular weight excluding hydrogens is 373 g/mol. The third kappa shape index (κ3) is 4.16. The molecule has 0 spiro atoms. The van der Waals surface area contributed by atoms with Gasteiger partial charge in [-0.15, -0.1) is 0 Å². The largest absolute Gasteiger partial charge is 1.00 e. The van der Waals surface area contributed by atoms with Crippen LogP contribution in [0.3, 0.4) is 0 Å². The van der Waals surface area contributed by atoms with Crippen molar-refractivity contribution in [1.29, 1.82) is 0 Å². The summed E-state index contributed by atoms with van der Waals surface area (Å²) in [6, 6.07) is 6.94. The molecule has 144 valence electrons. The predicted molar refractivity (Wildman–Crippen MR) is 94.6 cm³/mol. The summed E-state index contributed by atoms with van der Waals surface area (Å²) in [5, 5.41) is 26.9. The minimum Gasteiger partial charge on any atom is -0.543 e. The quantitative estimate of drug-likeness (QED) is 0.317. The number of carbonyl (C=O) groups excluding carboxylic acids is 3. The molecule has 8 nitrogen and oxygen atoms in total. The maximum atomic E-state index is 12.2. The van der Waals surface area contributed by atoms with E-state index in [2.05, 4.69) is 10.6 Å². The summed E-state index contributed by atoms with van der Waals surface area (Å²) in [5.74, 6) is -2.45. The first-order valence-electron chi connectivity index (χ1n) is 8.81. The Morgan fingerprint density at radius 2 is 1.96 bits per heavy atom. The van der Waals surface area contributed by atoms with Gasteiger partial charge in [0.15, 0.2) is 0 Å². The maximum absolute atomic E-state index is 12.2. The molecule has 2 heterocycles. The van der Waals surface area contributed by atoms with E-state index in [9.17, 15) is 24.6 Å². The number of β-lactam (4-membered cyclic amide) rings is 1. The van der Waals surface area contributed by atoms with E-state index in [1.54, 1.807) is 19.2 Å². The summed E-state index contributed by atoms with van der Waals surface area (Å²) >= 11 is 0. The van der Waals surface area contributed by atoms with Crippen molar-refractivity contribution in [1.82, 2.24) is 15.5 Å². The summed E-state index contributed by atoms with van der Waals surface area (Å²) in [6.07, 6.45) is -0.450. The van der Waals surface area contributed by atoms with E-state index in [1.165, 1.54) is 11.8 Å². The first-order chi connectivity index (χ1) is 12.8. The number of rotatable bonds is 7. The molecule has 2 aliphatic rings. The predicted octanol–water partition coefficient (Wildman–Crippen LogP) is -4.40. The van der Waals surface area contributed by atoms with Gasteiger partial charge in [0.1, 0.15) is 0 Å². The van der Waals surface area contributed by atoms with Crippen LogP contribution in [-0.4, -0.2) is 53.5 Å². The van der Waals surface area contributed by atoms with E-state index < -0.39 is 18.0 Å². The number of carbonyl (C=O) groups is 3. The Balaban J connectivity index is 0.00000280. The molecule has 0 unspecified atom stereocenters. The van der Waals surface area contributed by atoms with Crippen LogP contribution < -0.4 is 45.3 Å². The van der Waals surface area contributed by atoms with Crippen molar-refractivity contribution < 1.29 is 54.2 Å². The van der Waals surface area contributed by atoms with E-state index in [-0.39, 0.29) is 59.7 Å². The molecule has 0 saturated carbocycles. The van der Waals surface area contributed by atoms with Crippen molar-refractivity contribution in [3.63, 3.8) is 0 Å². The van der Waals surface area contributed by atoms with Gasteiger partial charge in [-0.05, 0) is 30.0 Å². The average Bonchev–Trinajstić information content (AvgIpc) is 2.97. The molecule has 1 aromatic carbocycles. The van der Waals surface area contributed by atoms with Gasteiger partial charge in [-0.2, -0.15) is 0 Å². The number of likely N-dealkylation sites (N-methyl/N-ethyl adjacent to an activating group) is 1. The van der Waals surface area contributed by atoms with Crippen molar-refractivity contribution in [3.8, 4) is 0 Å². The number of amides is 2. The van der Waals surface area contributed by atoms with Gasteiger partial charge in [-0.1, -0.05) is 24.3 Å². The Kier molecular flexibility index (Phi) is 7.41. The normalized spacial score (nSPS) is 21.5. The number of nitrogens with zero attached hydrogens (tertiary/aromatic N) is 1. The van der Waals surface area contributed by atoms with Crippen molar-refractivity contribution in [2.24, 2.45) is 5.92 Å². The summed E-state index contributed by atoms with van der Waals surface area (Å²) in [6.45, 7) is 2.24. The zero-order chi connectivity index (χ0) is 19.7. The van der Waals surface area contributed by atoms with Crippen LogP contribution >= 0.6 is 0 Å². The second-order valence-corrected chi connectivity index (χ2v) is 6.83. The van der Waals surface area contributed by atoms with Crippen molar-refractivity contribution in [3.05, 3.63) is 41.1 Å². The Labute approximate surface area is 185 Å². The fourth-order valence-corrected chi connectivity index (χ4v) is 3.75. The van der Waals surface area contributed by atoms with Crippen LogP contribution in [0, 0.1) is 5.92 Å². The Hall–Kier alpha value is -1.71. The third-order valence-corrected chi connectivity index (χ3v) is 5.12. The fourth-order valence-electron chi connectivity index (χ4n) is 3.75. The molecule has 28 heavy (non-hydrogen) atoms. The Morgan fingerprint density at radius 1 is 1.32 bits per heavy atom. The van der Waals surface area contributed by atoms with Crippen LogP contribution in [0.2, 0.25) is 0 Å². The first-order valence-corrected chi connectivity index (χ1v) is 8.81. The number of nitrogens with one attached hydrogen (secondary N) is 2. The van der Waals surface area contributed by atoms with E-state index in [4.69, 9.17) is 0 Å². The van der Waals surface area contributed by atoms with Crippen LogP contribution in [0.25, 0.3) is 5.57 Å². The zero-order valence-corrected chi connectivity index (χ0v) is 18.2. The van der Waals surface area contributed by atoms with E-state index in [0.29, 0.717) is 24.1 Å². The molecule has 1 aromatic rings. The van der Waals surface area contributed by atoms with Gasteiger partial charge in [-0.3, -0.25) is 9.59 Å². The number of carboxylic acid groups (broad SMARTS) is 1. The van der Waals surface area contributed by atoms with Crippen molar-refractivity contribution >= 4 is 23.4 Å². The number of fused-ring (bicyclic) bond motifs is 1. The van der Waals surface area contributed by atoms with Gasteiger partial charge >= 0.3 is 29.6 Å². The van der Waals surface area contributed by atoms with Crippen LogP contribution in [0.5, 0.6) is 0 Å². The van der Waals surface area contributed by atoms with Gasteiger partial charge in [0.2, 0.25) is 11.8 Å². The number of aliphatic hydroxyl groups is 1. The molecule has 0 aromatic heterocycles. The number of carboxylic acids is 1. The van der Waals surface area contributed by atoms with Crippen LogP contribution in [0.15, 0.2) is 30.0 Å². The average molecular weight is 395 g/mol. The molecule has 1 fully saturated rings. The van der Waals surface area contributed by atoms with Crippen molar-refractivity contribution in [2.75, 3.05) is 13.6 Å². The summed E-state index contributed by atoms with van der Waals surface area (Å²) in [4.78, 5) is 36.3. The van der Waals surface area contributed by atoms with Gasteiger partial charge in [0.25, 0.3) is 0 Å². The minimum absolute atomic E-state index is 0. The molecular formula is C19H22N3NaO5.